The van der Waals surface area contributed by atoms with E-state index in [2.05, 4.69) is 0 Å². The molecule has 0 radical (unpaired) electrons. The summed E-state index contributed by atoms with van der Waals surface area (Å²) in [6.07, 6.45) is -0.0106. The highest BCUT2D eigenvalue weighted by Crippen LogP contribution is 2.21. The number of rotatable bonds is 2. The largest absolute Gasteiger partial charge is 0.391 e. The molecule has 0 unspecified atom stereocenters. The summed E-state index contributed by atoms with van der Waals surface area (Å²) in [5.41, 5.74) is 0. The van der Waals surface area contributed by atoms with E-state index in [1.807, 2.05) is 0 Å². The maximum atomic E-state index is 11.6. The van der Waals surface area contributed by atoms with Gasteiger partial charge in [0.2, 0.25) is 0 Å². The summed E-state index contributed by atoms with van der Waals surface area (Å²) in [5, 5.41) is 9.39. The van der Waals surface area contributed by atoms with Crippen molar-refractivity contribution < 1.29 is 13.5 Å². The second-order valence-electron chi connectivity index (χ2n) is 3.50. The van der Waals surface area contributed by atoms with Crippen molar-refractivity contribution in [2.45, 2.75) is 25.5 Å². The Bertz CT molecular complexity index is 275. The van der Waals surface area contributed by atoms with E-state index in [1.54, 1.807) is 6.92 Å². The van der Waals surface area contributed by atoms with Crippen LogP contribution in [0.2, 0.25) is 0 Å². The van der Waals surface area contributed by atoms with Gasteiger partial charge in [0.25, 0.3) is 10.2 Å². The molecule has 0 amide bonds. The second kappa shape index (κ2) is 3.53. The minimum Gasteiger partial charge on any atom is -0.391 e. The maximum Gasteiger partial charge on any atom is 0.281 e. The molecule has 1 aliphatic heterocycles. The molecule has 2 atom stereocenters. The van der Waals surface area contributed by atoms with Crippen LogP contribution < -0.4 is 0 Å². The van der Waals surface area contributed by atoms with E-state index in [0.717, 1.165) is 0 Å². The predicted molar refractivity (Wildman–Crippen MR) is 49.4 cm³/mol. The summed E-state index contributed by atoms with van der Waals surface area (Å²) < 4.78 is 25.8. The highest BCUT2D eigenvalue weighted by Gasteiger charge is 2.38. The Morgan fingerprint density at radius 1 is 1.46 bits per heavy atom. The third kappa shape index (κ3) is 1.85. The average molecular weight is 208 g/mol. The van der Waals surface area contributed by atoms with Gasteiger partial charge in [-0.25, -0.2) is 0 Å². The van der Waals surface area contributed by atoms with E-state index in [9.17, 15) is 13.5 Å². The van der Waals surface area contributed by atoms with Crippen LogP contribution in [0.4, 0.5) is 0 Å². The minimum atomic E-state index is -3.35. The summed E-state index contributed by atoms with van der Waals surface area (Å²) in [6.45, 7) is 2.13. The molecule has 1 heterocycles. The van der Waals surface area contributed by atoms with Crippen molar-refractivity contribution in [3.8, 4) is 0 Å². The van der Waals surface area contributed by atoms with Gasteiger partial charge in [-0.05, 0) is 13.3 Å². The zero-order valence-electron chi connectivity index (χ0n) is 8.14. The third-order valence-corrected chi connectivity index (χ3v) is 4.44. The van der Waals surface area contributed by atoms with Gasteiger partial charge in [-0.1, -0.05) is 0 Å². The molecular weight excluding hydrogens is 192 g/mol. The van der Waals surface area contributed by atoms with Crippen LogP contribution in [0.3, 0.4) is 0 Å². The lowest BCUT2D eigenvalue weighted by Gasteiger charge is -2.25. The average Bonchev–Trinajstić information content (AvgIpc) is 2.33. The lowest BCUT2D eigenvalue weighted by Crippen LogP contribution is -2.43. The van der Waals surface area contributed by atoms with E-state index < -0.39 is 16.3 Å². The molecule has 0 aromatic rings. The number of aliphatic hydroxyl groups excluding tert-OH is 1. The van der Waals surface area contributed by atoms with Gasteiger partial charge >= 0.3 is 0 Å². The molecule has 1 fully saturated rings. The molecule has 1 rings (SSSR count). The van der Waals surface area contributed by atoms with E-state index >= 15 is 0 Å². The SMILES string of the molecule is C[C@H]1[C@H](O)CCN1S(=O)(=O)N(C)C. The Morgan fingerprint density at radius 3 is 2.31 bits per heavy atom. The molecule has 0 aromatic carbocycles. The fraction of sp³-hybridized carbons (Fsp3) is 1.00. The second-order valence-corrected chi connectivity index (χ2v) is 5.59. The summed E-state index contributed by atoms with van der Waals surface area (Å²) in [4.78, 5) is 0. The number of nitrogens with zero attached hydrogens (tertiary/aromatic N) is 2. The molecule has 13 heavy (non-hydrogen) atoms. The molecular formula is C7H16N2O3S. The molecule has 5 nitrogen and oxygen atoms in total. The van der Waals surface area contributed by atoms with Gasteiger partial charge in [0.1, 0.15) is 0 Å². The maximum absolute atomic E-state index is 11.6. The first kappa shape index (κ1) is 10.9. The van der Waals surface area contributed by atoms with E-state index in [4.69, 9.17) is 0 Å². The Balaban J connectivity index is 2.86. The smallest absolute Gasteiger partial charge is 0.281 e. The Kier molecular flexibility index (Phi) is 2.96. The van der Waals surface area contributed by atoms with E-state index in [0.29, 0.717) is 13.0 Å². The van der Waals surface area contributed by atoms with Gasteiger partial charge in [0, 0.05) is 26.7 Å². The van der Waals surface area contributed by atoms with Crippen molar-refractivity contribution in [1.29, 1.82) is 0 Å². The molecule has 6 heteroatoms. The summed E-state index contributed by atoms with van der Waals surface area (Å²) in [6, 6.07) is -0.313. The highest BCUT2D eigenvalue weighted by molar-refractivity contribution is 7.86. The molecule has 0 bridgehead atoms. The molecule has 1 saturated heterocycles. The van der Waals surface area contributed by atoms with Crippen molar-refractivity contribution in [1.82, 2.24) is 8.61 Å². The fourth-order valence-corrected chi connectivity index (χ4v) is 2.75. The van der Waals surface area contributed by atoms with Crippen molar-refractivity contribution in [3.63, 3.8) is 0 Å². The minimum absolute atomic E-state index is 0.313. The number of aliphatic hydroxyl groups is 1. The molecule has 0 spiro atoms. The number of hydrogen-bond acceptors (Lipinski definition) is 3. The molecule has 1 aliphatic rings. The molecule has 78 valence electrons. The lowest BCUT2D eigenvalue weighted by atomic mass is 10.2. The molecule has 0 aromatic heterocycles. The standard InChI is InChI=1S/C7H16N2O3S/c1-6-7(10)4-5-9(6)13(11,12)8(2)3/h6-7,10H,4-5H2,1-3H3/t6-,7+/m0/s1. The molecule has 1 N–H and O–H groups in total. The van der Waals surface area contributed by atoms with E-state index in [1.165, 1.54) is 22.7 Å². The van der Waals surface area contributed by atoms with Crippen LogP contribution in [-0.4, -0.2) is 54.9 Å². The summed E-state index contributed by atoms with van der Waals surface area (Å²) in [7, 11) is -0.366. The van der Waals surface area contributed by atoms with Gasteiger partial charge in [-0.15, -0.1) is 0 Å². The van der Waals surface area contributed by atoms with Gasteiger partial charge in [-0.2, -0.15) is 17.0 Å². The number of hydrogen-bond donors (Lipinski definition) is 1. The van der Waals surface area contributed by atoms with Crippen molar-refractivity contribution in [2.24, 2.45) is 0 Å². The normalized spacial score (nSPS) is 31.5. The van der Waals surface area contributed by atoms with Crippen molar-refractivity contribution in [3.05, 3.63) is 0 Å². The van der Waals surface area contributed by atoms with Crippen LogP contribution in [0.5, 0.6) is 0 Å². The van der Waals surface area contributed by atoms with Crippen LogP contribution in [-0.2, 0) is 10.2 Å². The highest BCUT2D eigenvalue weighted by atomic mass is 32.2. The Hall–Kier alpha value is -0.170. The van der Waals surface area contributed by atoms with Gasteiger partial charge in [0.05, 0.1) is 6.10 Å². The monoisotopic (exact) mass is 208 g/mol. The zero-order valence-corrected chi connectivity index (χ0v) is 8.95. The first-order valence-electron chi connectivity index (χ1n) is 4.24. The van der Waals surface area contributed by atoms with Gasteiger partial charge < -0.3 is 5.11 Å². The zero-order chi connectivity index (χ0) is 10.2. The summed E-state index contributed by atoms with van der Waals surface area (Å²) >= 11 is 0. The topological polar surface area (TPSA) is 60.9 Å². The Labute approximate surface area is 79.1 Å². The lowest BCUT2D eigenvalue weighted by molar-refractivity contribution is 0.149. The summed E-state index contributed by atoms with van der Waals surface area (Å²) in [5.74, 6) is 0. The first-order valence-corrected chi connectivity index (χ1v) is 5.64. The van der Waals surface area contributed by atoms with E-state index in [-0.39, 0.29) is 6.04 Å². The third-order valence-electron chi connectivity index (χ3n) is 2.41. The van der Waals surface area contributed by atoms with Crippen LogP contribution in [0.25, 0.3) is 0 Å². The van der Waals surface area contributed by atoms with Crippen LogP contribution >= 0.6 is 0 Å². The van der Waals surface area contributed by atoms with Crippen LogP contribution in [0, 0.1) is 0 Å². The Morgan fingerprint density at radius 2 is 2.00 bits per heavy atom. The van der Waals surface area contributed by atoms with Crippen molar-refractivity contribution >= 4 is 10.2 Å². The van der Waals surface area contributed by atoms with Gasteiger partial charge in [-0.3, -0.25) is 0 Å². The quantitative estimate of drug-likeness (QED) is 0.649. The molecule has 0 saturated carbocycles. The van der Waals surface area contributed by atoms with Crippen LogP contribution in [0.1, 0.15) is 13.3 Å². The molecule has 0 aliphatic carbocycles. The van der Waals surface area contributed by atoms with Crippen molar-refractivity contribution in [2.75, 3.05) is 20.6 Å². The predicted octanol–water partition coefficient (Wildman–Crippen LogP) is -0.752. The van der Waals surface area contributed by atoms with Crippen LogP contribution in [0.15, 0.2) is 0 Å². The van der Waals surface area contributed by atoms with Gasteiger partial charge in [0.15, 0.2) is 0 Å². The first-order chi connectivity index (χ1) is 5.87. The fourth-order valence-electron chi connectivity index (χ4n) is 1.43.